The van der Waals surface area contributed by atoms with Gasteiger partial charge in [-0.3, -0.25) is 19.4 Å². The Hall–Kier alpha value is -2.06. The van der Waals surface area contributed by atoms with Gasteiger partial charge in [-0.25, -0.2) is 8.78 Å². The van der Waals surface area contributed by atoms with Gasteiger partial charge in [0.05, 0.1) is 17.4 Å². The Labute approximate surface area is 144 Å². The van der Waals surface area contributed by atoms with E-state index in [0.717, 1.165) is 0 Å². The fraction of sp³-hybridized carbons (Fsp3) is 0.529. The van der Waals surface area contributed by atoms with E-state index in [9.17, 15) is 23.5 Å². The van der Waals surface area contributed by atoms with E-state index in [1.165, 1.54) is 4.90 Å². The molecule has 8 heteroatoms. The number of nitrogens with zero attached hydrogens (tertiary/aromatic N) is 2. The van der Waals surface area contributed by atoms with E-state index in [4.69, 9.17) is 0 Å². The van der Waals surface area contributed by atoms with Crippen LogP contribution in [0.1, 0.15) is 19.8 Å². The number of hydrogen-bond acceptors (Lipinski definition) is 4. The molecule has 1 atom stereocenters. The summed E-state index contributed by atoms with van der Waals surface area (Å²) in [5, 5.41) is 12.6. The first-order valence-corrected chi connectivity index (χ1v) is 8.27. The molecule has 2 N–H and O–H groups in total. The van der Waals surface area contributed by atoms with Crippen molar-refractivity contribution in [3.05, 3.63) is 24.3 Å². The van der Waals surface area contributed by atoms with Crippen molar-refractivity contribution in [2.45, 2.75) is 37.8 Å². The Bertz CT molecular complexity index is 675. The molecule has 0 saturated carbocycles. The first-order chi connectivity index (χ1) is 11.8. The molecular weight excluding hydrogens is 332 g/mol. The number of halogens is 2. The van der Waals surface area contributed by atoms with Gasteiger partial charge in [0.15, 0.2) is 0 Å². The van der Waals surface area contributed by atoms with Crippen LogP contribution in [0.25, 0.3) is 0 Å². The van der Waals surface area contributed by atoms with E-state index in [2.05, 4.69) is 5.32 Å². The van der Waals surface area contributed by atoms with E-state index in [-0.39, 0.29) is 44.3 Å². The molecule has 2 aliphatic rings. The summed E-state index contributed by atoms with van der Waals surface area (Å²) in [7, 11) is 0. The third-order valence-electron chi connectivity index (χ3n) is 5.01. The molecule has 0 aromatic heterocycles. The van der Waals surface area contributed by atoms with Gasteiger partial charge in [0.25, 0.3) is 6.43 Å². The lowest BCUT2D eigenvalue weighted by molar-refractivity contribution is -0.138. The SMILES string of the molecule is CC(C(=O)N1CC(=O)Nc2ccccc21)N1CCC(O)(C(F)F)CC1. The zero-order chi connectivity index (χ0) is 18.2. The number of fused-ring (bicyclic) bond motifs is 1. The molecule has 2 amide bonds. The number of rotatable bonds is 3. The molecule has 1 aromatic carbocycles. The molecule has 0 spiro atoms. The van der Waals surface area contributed by atoms with E-state index in [1.54, 1.807) is 36.1 Å². The summed E-state index contributed by atoms with van der Waals surface area (Å²) in [4.78, 5) is 28.0. The molecule has 136 valence electrons. The minimum absolute atomic E-state index is 0.0744. The zero-order valence-corrected chi connectivity index (χ0v) is 13.9. The maximum absolute atomic E-state index is 12.9. The fourth-order valence-electron chi connectivity index (χ4n) is 3.33. The van der Waals surface area contributed by atoms with Crippen molar-refractivity contribution in [1.29, 1.82) is 0 Å². The number of hydrogen-bond donors (Lipinski definition) is 2. The van der Waals surface area contributed by atoms with Crippen LogP contribution in [-0.4, -0.2) is 59.5 Å². The number of piperidine rings is 1. The van der Waals surface area contributed by atoms with Gasteiger partial charge >= 0.3 is 0 Å². The van der Waals surface area contributed by atoms with Crippen molar-refractivity contribution >= 4 is 23.2 Å². The summed E-state index contributed by atoms with van der Waals surface area (Å²) in [6.07, 6.45) is -2.96. The molecular formula is C17H21F2N3O3. The zero-order valence-electron chi connectivity index (χ0n) is 13.9. The average molecular weight is 353 g/mol. The Balaban J connectivity index is 1.73. The number of amides is 2. The van der Waals surface area contributed by atoms with E-state index < -0.39 is 18.1 Å². The molecule has 2 heterocycles. The maximum atomic E-state index is 12.9. The summed E-state index contributed by atoms with van der Waals surface area (Å²) >= 11 is 0. The first kappa shape index (κ1) is 17.8. The topological polar surface area (TPSA) is 72.9 Å². The molecule has 0 bridgehead atoms. The van der Waals surface area contributed by atoms with E-state index in [0.29, 0.717) is 11.4 Å². The summed E-state index contributed by atoms with van der Waals surface area (Å²) in [5.74, 6) is -0.533. The van der Waals surface area contributed by atoms with Crippen LogP contribution in [0.4, 0.5) is 20.2 Å². The van der Waals surface area contributed by atoms with Gasteiger partial charge in [0.1, 0.15) is 12.1 Å². The monoisotopic (exact) mass is 353 g/mol. The largest absolute Gasteiger partial charge is 0.384 e. The molecule has 1 unspecified atom stereocenters. The van der Waals surface area contributed by atoms with Gasteiger partial charge in [-0.1, -0.05) is 12.1 Å². The van der Waals surface area contributed by atoms with Crippen LogP contribution >= 0.6 is 0 Å². The molecule has 3 rings (SSSR count). The standard InChI is InChI=1S/C17H21F2N3O3/c1-11(21-8-6-17(25,7-9-21)16(18)19)15(24)22-10-14(23)20-12-4-2-3-5-13(12)22/h2-5,11,16,25H,6-10H2,1H3,(H,20,23). The summed E-state index contributed by atoms with van der Waals surface area (Å²) < 4.78 is 25.8. The van der Waals surface area contributed by atoms with Crippen LogP contribution in [-0.2, 0) is 9.59 Å². The predicted octanol–water partition coefficient (Wildman–Crippen LogP) is 1.45. The second kappa shape index (κ2) is 6.68. The number of aliphatic hydroxyl groups is 1. The number of nitrogens with one attached hydrogen (secondary N) is 1. The third-order valence-corrected chi connectivity index (χ3v) is 5.01. The lowest BCUT2D eigenvalue weighted by atomic mass is 9.91. The summed E-state index contributed by atoms with van der Waals surface area (Å²) in [6.45, 7) is 2.03. The second-order valence-corrected chi connectivity index (χ2v) is 6.61. The van der Waals surface area contributed by atoms with Crippen molar-refractivity contribution in [2.24, 2.45) is 0 Å². The minimum atomic E-state index is -2.79. The number of benzene rings is 1. The average Bonchev–Trinajstić information content (AvgIpc) is 2.60. The highest BCUT2D eigenvalue weighted by molar-refractivity contribution is 6.11. The fourth-order valence-corrected chi connectivity index (χ4v) is 3.33. The van der Waals surface area contributed by atoms with Crippen molar-refractivity contribution in [1.82, 2.24) is 4.90 Å². The van der Waals surface area contributed by atoms with Gasteiger partial charge < -0.3 is 10.4 Å². The molecule has 1 saturated heterocycles. The molecule has 1 fully saturated rings. The van der Waals surface area contributed by atoms with Crippen molar-refractivity contribution in [3.8, 4) is 0 Å². The third kappa shape index (κ3) is 3.36. The second-order valence-electron chi connectivity index (χ2n) is 6.61. The Morgan fingerprint density at radius 2 is 1.92 bits per heavy atom. The molecule has 0 radical (unpaired) electrons. The number of para-hydroxylation sites is 2. The van der Waals surface area contributed by atoms with Crippen LogP contribution in [0.2, 0.25) is 0 Å². The van der Waals surface area contributed by atoms with E-state index >= 15 is 0 Å². The van der Waals surface area contributed by atoms with Crippen LogP contribution in [0.15, 0.2) is 24.3 Å². The quantitative estimate of drug-likeness (QED) is 0.863. The van der Waals surface area contributed by atoms with Crippen LogP contribution in [0, 0.1) is 0 Å². The number of likely N-dealkylation sites (tertiary alicyclic amines) is 1. The van der Waals surface area contributed by atoms with Crippen LogP contribution < -0.4 is 10.2 Å². The van der Waals surface area contributed by atoms with Crippen LogP contribution in [0.5, 0.6) is 0 Å². The maximum Gasteiger partial charge on any atom is 0.266 e. The van der Waals surface area contributed by atoms with Gasteiger partial charge in [0.2, 0.25) is 11.8 Å². The van der Waals surface area contributed by atoms with E-state index in [1.807, 2.05) is 0 Å². The predicted molar refractivity (Wildman–Crippen MR) is 88.6 cm³/mol. The number of carbonyl (C=O) groups is 2. The van der Waals surface area contributed by atoms with Gasteiger partial charge in [-0.2, -0.15) is 0 Å². The number of anilines is 2. The molecule has 0 aliphatic carbocycles. The molecule has 25 heavy (non-hydrogen) atoms. The van der Waals surface area contributed by atoms with Gasteiger partial charge in [-0.15, -0.1) is 0 Å². The number of alkyl halides is 2. The Kier molecular flexibility index (Phi) is 4.75. The Morgan fingerprint density at radius 1 is 1.28 bits per heavy atom. The number of carbonyl (C=O) groups excluding carboxylic acids is 2. The first-order valence-electron chi connectivity index (χ1n) is 8.27. The van der Waals surface area contributed by atoms with Crippen molar-refractivity contribution in [3.63, 3.8) is 0 Å². The van der Waals surface area contributed by atoms with Crippen LogP contribution in [0.3, 0.4) is 0 Å². The summed E-state index contributed by atoms with van der Waals surface area (Å²) in [6, 6.07) is 6.46. The summed E-state index contributed by atoms with van der Waals surface area (Å²) in [5.41, 5.74) is -0.776. The Morgan fingerprint density at radius 3 is 2.56 bits per heavy atom. The molecule has 2 aliphatic heterocycles. The van der Waals surface area contributed by atoms with Crippen molar-refractivity contribution < 1.29 is 23.5 Å². The highest BCUT2D eigenvalue weighted by Crippen LogP contribution is 2.32. The highest BCUT2D eigenvalue weighted by Gasteiger charge is 2.43. The lowest BCUT2D eigenvalue weighted by Crippen LogP contribution is -2.56. The normalized spacial score (nSPS) is 21.6. The molecule has 6 nitrogen and oxygen atoms in total. The smallest absolute Gasteiger partial charge is 0.266 e. The van der Waals surface area contributed by atoms with Crippen molar-refractivity contribution in [2.75, 3.05) is 29.9 Å². The molecule has 1 aromatic rings. The lowest BCUT2D eigenvalue weighted by Gasteiger charge is -2.41. The minimum Gasteiger partial charge on any atom is -0.384 e. The highest BCUT2D eigenvalue weighted by atomic mass is 19.3. The van der Waals surface area contributed by atoms with Gasteiger partial charge in [0, 0.05) is 13.1 Å². The van der Waals surface area contributed by atoms with Gasteiger partial charge in [-0.05, 0) is 31.9 Å².